The number of hydrogen-bond acceptors (Lipinski definition) is 2. The maximum Gasteiger partial charge on any atom is 0.215 e. The first-order chi connectivity index (χ1) is 5.11. The molecule has 0 aliphatic heterocycles. The fraction of sp³-hybridized carbons (Fsp3) is 0.375. The molecule has 1 aromatic heterocycles. The van der Waals surface area contributed by atoms with Crippen LogP contribution in [0.5, 0.6) is 0 Å². The summed E-state index contributed by atoms with van der Waals surface area (Å²) in [6.45, 7) is 3.41. The van der Waals surface area contributed by atoms with Crippen LogP contribution in [0.3, 0.4) is 0 Å². The third-order valence-corrected chi connectivity index (χ3v) is 1.54. The van der Waals surface area contributed by atoms with E-state index in [2.05, 4.69) is 0 Å². The van der Waals surface area contributed by atoms with Crippen LogP contribution in [0.2, 0.25) is 0 Å². The number of hydrogen-bond donors (Lipinski definition) is 0. The topological polar surface area (TPSA) is 30.2 Å². The van der Waals surface area contributed by atoms with E-state index in [0.29, 0.717) is 5.76 Å². The highest BCUT2D eigenvalue weighted by Gasteiger charge is 2.14. The maximum absolute atomic E-state index is 11.1. The van der Waals surface area contributed by atoms with E-state index in [4.69, 9.17) is 16.0 Å². The fourth-order valence-corrected chi connectivity index (χ4v) is 0.871. The first kappa shape index (κ1) is 8.34. The number of carbonyl (C=O) groups is 1. The highest BCUT2D eigenvalue weighted by atomic mass is 35.5. The molecule has 0 bridgehead atoms. The zero-order chi connectivity index (χ0) is 8.43. The molecule has 0 saturated carbocycles. The van der Waals surface area contributed by atoms with Crippen molar-refractivity contribution < 1.29 is 9.21 Å². The number of Topliss-reactive ketones (excluding diaryl/α,β-unsaturated/α-hetero) is 1. The van der Waals surface area contributed by atoms with Crippen molar-refractivity contribution in [3.05, 3.63) is 23.7 Å². The molecule has 0 saturated heterocycles. The molecule has 1 heterocycles. The van der Waals surface area contributed by atoms with Gasteiger partial charge in [0.1, 0.15) is 5.76 Å². The molecule has 2 nitrogen and oxygen atoms in total. The minimum atomic E-state index is -0.513. The summed E-state index contributed by atoms with van der Waals surface area (Å²) in [7, 11) is 0. The zero-order valence-corrected chi connectivity index (χ0v) is 7.18. The number of carbonyl (C=O) groups excluding carboxylic acids is 1. The zero-order valence-electron chi connectivity index (χ0n) is 6.43. The van der Waals surface area contributed by atoms with Crippen LogP contribution in [-0.4, -0.2) is 11.2 Å². The van der Waals surface area contributed by atoms with Crippen LogP contribution < -0.4 is 0 Å². The van der Waals surface area contributed by atoms with Crippen molar-refractivity contribution in [1.82, 2.24) is 0 Å². The first-order valence-corrected chi connectivity index (χ1v) is 3.79. The van der Waals surface area contributed by atoms with Gasteiger partial charge in [0.2, 0.25) is 5.78 Å². The number of rotatable bonds is 2. The Labute approximate surface area is 70.2 Å². The average Bonchev–Trinajstić information content (AvgIpc) is 2.34. The van der Waals surface area contributed by atoms with Crippen molar-refractivity contribution in [2.45, 2.75) is 19.2 Å². The molecule has 60 valence electrons. The number of ketones is 1. The van der Waals surface area contributed by atoms with Gasteiger partial charge in [0.05, 0.1) is 5.38 Å². The van der Waals surface area contributed by atoms with Crippen molar-refractivity contribution >= 4 is 17.4 Å². The second-order valence-electron chi connectivity index (χ2n) is 2.39. The van der Waals surface area contributed by atoms with E-state index in [-0.39, 0.29) is 5.78 Å². The van der Waals surface area contributed by atoms with E-state index >= 15 is 0 Å². The summed E-state index contributed by atoms with van der Waals surface area (Å²) in [6.07, 6.45) is 0. The highest BCUT2D eigenvalue weighted by Crippen LogP contribution is 2.11. The number of alkyl halides is 1. The van der Waals surface area contributed by atoms with Gasteiger partial charge in [0.25, 0.3) is 0 Å². The summed E-state index contributed by atoms with van der Waals surface area (Å²) in [5.41, 5.74) is 0. The SMILES string of the molecule is Cc1ccc(C(=O)C(C)Cl)o1. The summed E-state index contributed by atoms with van der Waals surface area (Å²) < 4.78 is 5.07. The summed E-state index contributed by atoms with van der Waals surface area (Å²) in [5, 5.41) is -0.513. The Hall–Kier alpha value is -0.760. The Bertz CT molecular complexity index is 263. The lowest BCUT2D eigenvalue weighted by Gasteiger charge is -1.96. The number of halogens is 1. The normalized spacial score (nSPS) is 13.0. The predicted octanol–water partition coefficient (Wildman–Crippen LogP) is 2.40. The van der Waals surface area contributed by atoms with Crippen LogP contribution in [0.1, 0.15) is 23.2 Å². The first-order valence-electron chi connectivity index (χ1n) is 3.36. The molecule has 0 aromatic carbocycles. The monoisotopic (exact) mass is 172 g/mol. The minimum absolute atomic E-state index is 0.167. The van der Waals surface area contributed by atoms with E-state index in [0.717, 1.165) is 5.76 Å². The van der Waals surface area contributed by atoms with Gasteiger partial charge in [-0.25, -0.2) is 0 Å². The molecule has 1 rings (SSSR count). The number of aryl methyl sites for hydroxylation is 1. The van der Waals surface area contributed by atoms with E-state index in [1.807, 2.05) is 0 Å². The molecule has 0 aliphatic carbocycles. The van der Waals surface area contributed by atoms with Gasteiger partial charge >= 0.3 is 0 Å². The van der Waals surface area contributed by atoms with E-state index in [9.17, 15) is 4.79 Å². The summed E-state index contributed by atoms with van der Waals surface area (Å²) in [5.74, 6) is 0.899. The Balaban J connectivity index is 2.85. The van der Waals surface area contributed by atoms with Crippen LogP contribution in [0.25, 0.3) is 0 Å². The van der Waals surface area contributed by atoms with Crippen LogP contribution in [0, 0.1) is 6.92 Å². The van der Waals surface area contributed by atoms with Gasteiger partial charge in [-0.2, -0.15) is 0 Å². The average molecular weight is 173 g/mol. The third kappa shape index (κ3) is 1.84. The molecule has 1 aromatic rings. The van der Waals surface area contributed by atoms with Crippen LogP contribution in [-0.2, 0) is 0 Å². The molecular weight excluding hydrogens is 164 g/mol. The summed E-state index contributed by atoms with van der Waals surface area (Å²) in [6, 6.07) is 3.38. The van der Waals surface area contributed by atoms with Gasteiger partial charge < -0.3 is 4.42 Å². The predicted molar refractivity (Wildman–Crippen MR) is 43.1 cm³/mol. The largest absolute Gasteiger partial charge is 0.458 e. The van der Waals surface area contributed by atoms with Crippen molar-refractivity contribution in [1.29, 1.82) is 0 Å². The standard InChI is InChI=1S/C8H9ClO2/c1-5-3-4-7(11-5)8(10)6(2)9/h3-4,6H,1-2H3. The van der Waals surface area contributed by atoms with Gasteiger partial charge in [-0.15, -0.1) is 11.6 Å². The van der Waals surface area contributed by atoms with Gasteiger partial charge in [-0.05, 0) is 26.0 Å². The molecule has 1 unspecified atom stereocenters. The second-order valence-corrected chi connectivity index (χ2v) is 3.05. The highest BCUT2D eigenvalue weighted by molar-refractivity contribution is 6.33. The molecule has 0 N–H and O–H groups in total. The second kappa shape index (κ2) is 3.09. The van der Waals surface area contributed by atoms with Gasteiger partial charge in [0.15, 0.2) is 5.76 Å². The van der Waals surface area contributed by atoms with Gasteiger partial charge in [0, 0.05) is 0 Å². The summed E-state index contributed by atoms with van der Waals surface area (Å²) in [4.78, 5) is 11.1. The van der Waals surface area contributed by atoms with Crippen molar-refractivity contribution in [3.63, 3.8) is 0 Å². The molecular formula is C8H9ClO2. The van der Waals surface area contributed by atoms with E-state index in [1.165, 1.54) is 0 Å². The Morgan fingerprint density at radius 3 is 2.64 bits per heavy atom. The molecule has 11 heavy (non-hydrogen) atoms. The summed E-state index contributed by atoms with van der Waals surface area (Å²) >= 11 is 5.56. The molecule has 0 fully saturated rings. The van der Waals surface area contributed by atoms with Crippen molar-refractivity contribution in [2.24, 2.45) is 0 Å². The third-order valence-electron chi connectivity index (χ3n) is 1.34. The lowest BCUT2D eigenvalue weighted by atomic mass is 10.2. The Kier molecular flexibility index (Phi) is 2.35. The molecule has 0 radical (unpaired) electrons. The molecule has 0 amide bonds. The maximum atomic E-state index is 11.1. The lowest BCUT2D eigenvalue weighted by molar-refractivity contribution is 0.0964. The van der Waals surface area contributed by atoms with Gasteiger partial charge in [-0.3, -0.25) is 4.79 Å². The van der Waals surface area contributed by atoms with Gasteiger partial charge in [-0.1, -0.05) is 0 Å². The molecule has 0 spiro atoms. The fourth-order valence-electron chi connectivity index (χ4n) is 0.763. The smallest absolute Gasteiger partial charge is 0.215 e. The molecule has 3 heteroatoms. The van der Waals surface area contributed by atoms with E-state index < -0.39 is 5.38 Å². The minimum Gasteiger partial charge on any atom is -0.458 e. The Morgan fingerprint density at radius 2 is 2.27 bits per heavy atom. The van der Waals surface area contributed by atoms with Crippen LogP contribution in [0.4, 0.5) is 0 Å². The quantitative estimate of drug-likeness (QED) is 0.507. The van der Waals surface area contributed by atoms with Crippen molar-refractivity contribution in [3.8, 4) is 0 Å². The van der Waals surface area contributed by atoms with Crippen molar-refractivity contribution in [2.75, 3.05) is 0 Å². The molecule has 0 aliphatic rings. The van der Waals surface area contributed by atoms with Crippen LogP contribution in [0.15, 0.2) is 16.5 Å². The molecule has 1 atom stereocenters. The van der Waals surface area contributed by atoms with E-state index in [1.54, 1.807) is 26.0 Å². The lowest BCUT2D eigenvalue weighted by Crippen LogP contribution is -2.08. The number of furan rings is 1. The Morgan fingerprint density at radius 1 is 1.64 bits per heavy atom. The van der Waals surface area contributed by atoms with Crippen LogP contribution >= 0.6 is 11.6 Å².